The van der Waals surface area contributed by atoms with Crippen molar-refractivity contribution in [3.8, 4) is 5.69 Å². The Morgan fingerprint density at radius 1 is 1.05 bits per heavy atom. The van der Waals surface area contributed by atoms with E-state index >= 15 is 0 Å². The number of carboxylic acid groups (broad SMARTS) is 1. The van der Waals surface area contributed by atoms with Crippen molar-refractivity contribution in [3.05, 3.63) is 95.6 Å². The SMILES string of the molecule is Cn1c(=O)n(CC2CC2)c2cc(-n3cc(C(=O)O)c(=O)n(Cc4cccc(C(F)(F)F)c4Cl)c3=O)ccc21. The summed E-state index contributed by atoms with van der Waals surface area (Å²) in [4.78, 5) is 51.0. The van der Waals surface area contributed by atoms with Gasteiger partial charge in [0, 0.05) is 19.8 Å². The van der Waals surface area contributed by atoms with Gasteiger partial charge in [-0.25, -0.2) is 14.4 Å². The van der Waals surface area contributed by atoms with Crippen LogP contribution < -0.4 is 16.9 Å². The normalized spacial score (nSPS) is 13.8. The van der Waals surface area contributed by atoms with Crippen molar-refractivity contribution in [2.45, 2.75) is 32.1 Å². The maximum Gasteiger partial charge on any atom is 0.417 e. The number of aryl methyl sites for hydroxylation is 1. The number of nitrogens with zero attached hydrogens (tertiary/aromatic N) is 4. The second kappa shape index (κ2) is 9.05. The molecule has 0 unspecified atom stereocenters. The molecule has 1 fully saturated rings. The van der Waals surface area contributed by atoms with Crippen LogP contribution >= 0.6 is 11.6 Å². The molecule has 2 aromatic carbocycles. The summed E-state index contributed by atoms with van der Waals surface area (Å²) >= 11 is 5.96. The highest BCUT2D eigenvalue weighted by atomic mass is 35.5. The van der Waals surface area contributed by atoms with E-state index < -0.39 is 46.1 Å². The van der Waals surface area contributed by atoms with Crippen LogP contribution in [0.2, 0.25) is 5.02 Å². The van der Waals surface area contributed by atoms with E-state index in [0.29, 0.717) is 28.1 Å². The summed E-state index contributed by atoms with van der Waals surface area (Å²) in [7, 11) is 1.61. The van der Waals surface area contributed by atoms with Crippen molar-refractivity contribution < 1.29 is 23.1 Å². The molecule has 0 saturated heterocycles. The van der Waals surface area contributed by atoms with E-state index in [-0.39, 0.29) is 16.9 Å². The number of halogens is 4. The van der Waals surface area contributed by atoms with Crippen LogP contribution in [-0.2, 0) is 26.3 Å². The number of benzene rings is 2. The molecule has 198 valence electrons. The topological polar surface area (TPSA) is 108 Å². The van der Waals surface area contributed by atoms with Gasteiger partial charge in [-0.05, 0) is 48.6 Å². The summed E-state index contributed by atoms with van der Waals surface area (Å²) in [5, 5.41) is 8.93. The zero-order chi connectivity index (χ0) is 27.5. The lowest BCUT2D eigenvalue weighted by Gasteiger charge is -2.15. The van der Waals surface area contributed by atoms with Crippen LogP contribution in [-0.4, -0.2) is 29.3 Å². The molecule has 0 bridgehead atoms. The molecule has 0 spiro atoms. The summed E-state index contributed by atoms with van der Waals surface area (Å²) in [5.41, 5.74) is -3.25. The summed E-state index contributed by atoms with van der Waals surface area (Å²) in [6, 6.07) is 7.68. The Balaban J connectivity index is 1.70. The van der Waals surface area contributed by atoms with E-state index in [2.05, 4.69) is 0 Å². The molecule has 0 radical (unpaired) electrons. The molecule has 38 heavy (non-hydrogen) atoms. The van der Waals surface area contributed by atoms with Gasteiger partial charge < -0.3 is 5.11 Å². The summed E-state index contributed by atoms with van der Waals surface area (Å²) in [6.45, 7) is -0.204. The first kappa shape index (κ1) is 25.6. The molecule has 1 aliphatic carbocycles. The number of aromatic carboxylic acids is 1. The molecule has 0 amide bonds. The fourth-order valence-electron chi connectivity index (χ4n) is 4.45. The number of carbonyl (C=O) groups is 1. The Labute approximate surface area is 216 Å². The molecule has 0 aliphatic heterocycles. The van der Waals surface area contributed by atoms with Crippen LogP contribution in [0.1, 0.15) is 34.3 Å². The minimum atomic E-state index is -4.78. The van der Waals surface area contributed by atoms with E-state index in [4.69, 9.17) is 11.6 Å². The van der Waals surface area contributed by atoms with Gasteiger partial charge in [-0.2, -0.15) is 13.2 Å². The van der Waals surface area contributed by atoms with Crippen LogP contribution in [0.5, 0.6) is 0 Å². The Morgan fingerprint density at radius 2 is 1.76 bits per heavy atom. The van der Waals surface area contributed by atoms with E-state index in [1.54, 1.807) is 17.7 Å². The maximum atomic E-state index is 13.4. The Kier molecular flexibility index (Phi) is 6.09. The minimum Gasteiger partial charge on any atom is -0.477 e. The predicted octanol–water partition coefficient (Wildman–Crippen LogP) is 3.48. The number of hydrogen-bond donors (Lipinski definition) is 1. The van der Waals surface area contributed by atoms with Gasteiger partial charge in [0.1, 0.15) is 5.56 Å². The van der Waals surface area contributed by atoms with Gasteiger partial charge in [-0.15, -0.1) is 0 Å². The number of imidazole rings is 1. The highest BCUT2D eigenvalue weighted by Gasteiger charge is 2.34. The molecule has 4 aromatic rings. The summed E-state index contributed by atoms with van der Waals surface area (Å²) in [6.07, 6.45) is -1.92. The van der Waals surface area contributed by atoms with E-state index in [1.165, 1.54) is 22.8 Å². The first-order chi connectivity index (χ1) is 17.9. The van der Waals surface area contributed by atoms with Crippen molar-refractivity contribution in [1.82, 2.24) is 18.3 Å². The van der Waals surface area contributed by atoms with Gasteiger partial charge in [0.2, 0.25) is 0 Å². The van der Waals surface area contributed by atoms with Gasteiger partial charge in [0.05, 0.1) is 33.9 Å². The van der Waals surface area contributed by atoms with Gasteiger partial charge in [0.15, 0.2) is 0 Å². The molecule has 13 heteroatoms. The number of aromatic nitrogens is 4. The average Bonchev–Trinajstić information content (AvgIpc) is 3.64. The third kappa shape index (κ3) is 4.34. The molecular weight excluding hydrogens is 529 g/mol. The van der Waals surface area contributed by atoms with Crippen molar-refractivity contribution in [1.29, 1.82) is 0 Å². The Hall–Kier alpha value is -4.06. The zero-order valence-electron chi connectivity index (χ0n) is 19.8. The Morgan fingerprint density at radius 3 is 2.39 bits per heavy atom. The Bertz CT molecular complexity index is 1790. The predicted molar refractivity (Wildman–Crippen MR) is 132 cm³/mol. The first-order valence-corrected chi connectivity index (χ1v) is 11.9. The fourth-order valence-corrected chi connectivity index (χ4v) is 4.74. The molecule has 5 rings (SSSR count). The smallest absolute Gasteiger partial charge is 0.417 e. The van der Waals surface area contributed by atoms with Gasteiger partial charge in [-0.3, -0.25) is 23.1 Å². The zero-order valence-corrected chi connectivity index (χ0v) is 20.6. The standard InChI is InChI=1S/C25H20ClF3N4O5/c1-30-18-8-7-15(9-19(18)32(23(30)37)10-13-5-6-13)31-12-16(22(35)36)21(34)33(24(31)38)11-14-3-2-4-17(20(14)26)25(27,28)29/h2-4,7-9,12-13H,5-6,10-11H2,1H3,(H,35,36). The van der Waals surface area contributed by atoms with Crippen molar-refractivity contribution in [3.63, 3.8) is 0 Å². The fraction of sp³-hybridized carbons (Fsp3) is 0.280. The molecule has 1 N–H and O–H groups in total. The molecule has 2 heterocycles. The number of hydrogen-bond acceptors (Lipinski definition) is 4. The number of fused-ring (bicyclic) bond motifs is 1. The largest absolute Gasteiger partial charge is 0.477 e. The lowest BCUT2D eigenvalue weighted by molar-refractivity contribution is -0.137. The van der Waals surface area contributed by atoms with E-state index in [0.717, 1.165) is 35.7 Å². The van der Waals surface area contributed by atoms with Crippen LogP contribution in [0.25, 0.3) is 16.7 Å². The maximum absolute atomic E-state index is 13.4. The average molecular weight is 549 g/mol. The van der Waals surface area contributed by atoms with E-state index in [1.807, 2.05) is 0 Å². The molecule has 1 aliphatic rings. The third-order valence-corrected chi connectivity index (χ3v) is 7.10. The summed E-state index contributed by atoms with van der Waals surface area (Å²) in [5.74, 6) is -1.26. The molecule has 9 nitrogen and oxygen atoms in total. The molecule has 1 saturated carbocycles. The van der Waals surface area contributed by atoms with Crippen LogP contribution in [0.4, 0.5) is 13.2 Å². The lowest BCUT2D eigenvalue weighted by atomic mass is 10.1. The number of alkyl halides is 3. The highest BCUT2D eigenvalue weighted by Crippen LogP contribution is 2.36. The highest BCUT2D eigenvalue weighted by molar-refractivity contribution is 6.32. The van der Waals surface area contributed by atoms with Gasteiger partial charge in [0.25, 0.3) is 5.56 Å². The first-order valence-electron chi connectivity index (χ1n) is 11.5. The lowest BCUT2D eigenvalue weighted by Crippen LogP contribution is -2.42. The summed E-state index contributed by atoms with van der Waals surface area (Å²) < 4.78 is 44.5. The molecular formula is C25H20ClF3N4O5. The second-order valence-electron chi connectivity index (χ2n) is 9.24. The second-order valence-corrected chi connectivity index (χ2v) is 9.61. The monoisotopic (exact) mass is 548 g/mol. The number of carboxylic acids is 1. The van der Waals surface area contributed by atoms with Crippen molar-refractivity contribution in [2.75, 3.05) is 0 Å². The van der Waals surface area contributed by atoms with Gasteiger partial charge >= 0.3 is 23.5 Å². The quantitative estimate of drug-likeness (QED) is 0.397. The minimum absolute atomic E-state index is 0.170. The van der Waals surface area contributed by atoms with Crippen LogP contribution in [0.3, 0.4) is 0 Å². The van der Waals surface area contributed by atoms with Crippen LogP contribution in [0, 0.1) is 5.92 Å². The van der Waals surface area contributed by atoms with Crippen LogP contribution in [0.15, 0.2) is 57.0 Å². The van der Waals surface area contributed by atoms with Crippen molar-refractivity contribution in [2.24, 2.45) is 13.0 Å². The van der Waals surface area contributed by atoms with Gasteiger partial charge in [-0.1, -0.05) is 23.7 Å². The molecule has 2 aromatic heterocycles. The number of rotatable bonds is 6. The molecule has 0 atom stereocenters. The third-order valence-electron chi connectivity index (χ3n) is 6.66. The van der Waals surface area contributed by atoms with E-state index in [9.17, 15) is 37.5 Å². The van der Waals surface area contributed by atoms with Crippen molar-refractivity contribution >= 4 is 28.6 Å².